The molecule has 1 N–H and O–H groups in total. The molecule has 104 valence electrons. The first-order valence-corrected chi connectivity index (χ1v) is 7.36. The molecule has 2 aliphatic carbocycles. The van der Waals surface area contributed by atoms with E-state index in [1.807, 2.05) is 0 Å². The number of likely N-dealkylation sites (N-methyl/N-ethyl adjacent to an activating group) is 1. The number of methoxy groups -OCH3 is 1. The second-order valence-electron chi connectivity index (χ2n) is 5.54. The fourth-order valence-corrected chi connectivity index (χ4v) is 3.27. The van der Waals surface area contributed by atoms with E-state index in [-0.39, 0.29) is 12.2 Å². The predicted molar refractivity (Wildman–Crippen MR) is 75.8 cm³/mol. The van der Waals surface area contributed by atoms with Crippen molar-refractivity contribution in [2.75, 3.05) is 13.7 Å². The summed E-state index contributed by atoms with van der Waals surface area (Å²) in [7, 11) is 1.77. The summed E-state index contributed by atoms with van der Waals surface area (Å²) in [6.45, 7) is 3.11. The third kappa shape index (κ3) is 2.49. The maximum Gasteiger partial charge on any atom is 0.128 e. The molecule has 0 bridgehead atoms. The number of rotatable bonds is 5. The van der Waals surface area contributed by atoms with E-state index in [9.17, 15) is 0 Å². The van der Waals surface area contributed by atoms with Crippen molar-refractivity contribution in [1.82, 2.24) is 5.32 Å². The van der Waals surface area contributed by atoms with Crippen molar-refractivity contribution in [3.63, 3.8) is 0 Å². The van der Waals surface area contributed by atoms with Crippen LogP contribution in [0.4, 0.5) is 0 Å². The van der Waals surface area contributed by atoms with Crippen LogP contribution >= 0.6 is 0 Å². The zero-order chi connectivity index (χ0) is 13.2. The molecule has 0 aromatic heterocycles. The molecule has 0 radical (unpaired) electrons. The number of ether oxygens (including phenoxy) is 2. The van der Waals surface area contributed by atoms with Crippen LogP contribution in [0, 0.1) is 0 Å². The summed E-state index contributed by atoms with van der Waals surface area (Å²) < 4.78 is 11.6. The Morgan fingerprint density at radius 3 is 2.89 bits per heavy atom. The molecular formula is C16H23NO2. The van der Waals surface area contributed by atoms with Crippen LogP contribution in [0.1, 0.15) is 30.9 Å². The normalized spacial score (nSPS) is 28.8. The highest BCUT2D eigenvalue weighted by molar-refractivity contribution is 5.38. The molecule has 2 aliphatic rings. The molecule has 0 saturated heterocycles. The Kier molecular flexibility index (Phi) is 3.76. The van der Waals surface area contributed by atoms with Gasteiger partial charge in [0, 0.05) is 19.6 Å². The SMILES string of the molecule is CCNC1CC(Oc2ccc3c(c2)CCC3)C1OC. The van der Waals surface area contributed by atoms with Crippen molar-refractivity contribution in [2.45, 2.75) is 50.9 Å². The van der Waals surface area contributed by atoms with Crippen LogP contribution in [0.5, 0.6) is 5.75 Å². The highest BCUT2D eigenvalue weighted by Crippen LogP contribution is 2.31. The van der Waals surface area contributed by atoms with Crippen LogP contribution in [0.15, 0.2) is 18.2 Å². The van der Waals surface area contributed by atoms with E-state index >= 15 is 0 Å². The molecule has 0 spiro atoms. The molecule has 0 amide bonds. The van der Waals surface area contributed by atoms with Crippen LogP contribution in [-0.4, -0.2) is 31.9 Å². The molecule has 3 heteroatoms. The van der Waals surface area contributed by atoms with Gasteiger partial charge in [-0.1, -0.05) is 13.0 Å². The molecule has 1 saturated carbocycles. The Hall–Kier alpha value is -1.06. The van der Waals surface area contributed by atoms with Gasteiger partial charge in [-0.2, -0.15) is 0 Å². The average molecular weight is 261 g/mol. The van der Waals surface area contributed by atoms with Crippen molar-refractivity contribution in [2.24, 2.45) is 0 Å². The summed E-state index contributed by atoms with van der Waals surface area (Å²) in [5.74, 6) is 1.00. The number of hydrogen-bond acceptors (Lipinski definition) is 3. The minimum Gasteiger partial charge on any atom is -0.488 e. The van der Waals surface area contributed by atoms with E-state index in [0.29, 0.717) is 6.04 Å². The standard InChI is InChI=1S/C16H23NO2/c1-3-17-14-10-15(16(14)18-2)19-13-8-7-11-5-4-6-12(11)9-13/h7-9,14-17H,3-6,10H2,1-2H3. The van der Waals surface area contributed by atoms with Gasteiger partial charge < -0.3 is 14.8 Å². The third-order valence-electron chi connectivity index (χ3n) is 4.35. The zero-order valence-corrected chi connectivity index (χ0v) is 11.8. The van der Waals surface area contributed by atoms with E-state index in [0.717, 1.165) is 18.7 Å². The summed E-state index contributed by atoms with van der Waals surface area (Å²) in [4.78, 5) is 0. The van der Waals surface area contributed by atoms with Gasteiger partial charge in [0.1, 0.15) is 18.0 Å². The van der Waals surface area contributed by atoms with Crippen molar-refractivity contribution < 1.29 is 9.47 Å². The van der Waals surface area contributed by atoms with Gasteiger partial charge >= 0.3 is 0 Å². The maximum atomic E-state index is 6.09. The van der Waals surface area contributed by atoms with Crippen LogP contribution in [0.3, 0.4) is 0 Å². The second-order valence-corrected chi connectivity index (χ2v) is 5.54. The van der Waals surface area contributed by atoms with Crippen LogP contribution in [-0.2, 0) is 17.6 Å². The van der Waals surface area contributed by atoms with Crippen molar-refractivity contribution >= 4 is 0 Å². The largest absolute Gasteiger partial charge is 0.488 e. The number of benzene rings is 1. The fraction of sp³-hybridized carbons (Fsp3) is 0.625. The Morgan fingerprint density at radius 1 is 1.26 bits per heavy atom. The minimum absolute atomic E-state index is 0.174. The highest BCUT2D eigenvalue weighted by atomic mass is 16.5. The van der Waals surface area contributed by atoms with E-state index in [4.69, 9.17) is 9.47 Å². The lowest BCUT2D eigenvalue weighted by Crippen LogP contribution is -2.60. The third-order valence-corrected chi connectivity index (χ3v) is 4.35. The van der Waals surface area contributed by atoms with Crippen LogP contribution in [0.25, 0.3) is 0 Å². The van der Waals surface area contributed by atoms with E-state index in [2.05, 4.69) is 30.4 Å². The monoisotopic (exact) mass is 261 g/mol. The summed E-state index contributed by atoms with van der Waals surface area (Å²) in [6.07, 6.45) is 5.10. The number of hydrogen-bond donors (Lipinski definition) is 1. The van der Waals surface area contributed by atoms with Gasteiger partial charge in [0.2, 0.25) is 0 Å². The first-order valence-electron chi connectivity index (χ1n) is 7.36. The van der Waals surface area contributed by atoms with Gasteiger partial charge in [0.25, 0.3) is 0 Å². The molecule has 3 rings (SSSR count). The smallest absolute Gasteiger partial charge is 0.128 e. The minimum atomic E-state index is 0.174. The second kappa shape index (κ2) is 5.51. The Morgan fingerprint density at radius 2 is 2.11 bits per heavy atom. The zero-order valence-electron chi connectivity index (χ0n) is 11.8. The lowest BCUT2D eigenvalue weighted by molar-refractivity contribution is -0.0884. The fourth-order valence-electron chi connectivity index (χ4n) is 3.27. The maximum absolute atomic E-state index is 6.09. The van der Waals surface area contributed by atoms with Gasteiger partial charge in [-0.3, -0.25) is 0 Å². The molecule has 19 heavy (non-hydrogen) atoms. The molecule has 0 heterocycles. The number of fused-ring (bicyclic) bond motifs is 1. The van der Waals surface area contributed by atoms with Crippen LogP contribution in [0.2, 0.25) is 0 Å². The van der Waals surface area contributed by atoms with Crippen molar-refractivity contribution in [1.29, 1.82) is 0 Å². The topological polar surface area (TPSA) is 30.5 Å². The number of aryl methyl sites for hydroxylation is 2. The van der Waals surface area contributed by atoms with Gasteiger partial charge in [-0.15, -0.1) is 0 Å². The predicted octanol–water partition coefficient (Wildman–Crippen LogP) is 2.32. The Balaban J connectivity index is 1.63. The summed E-state index contributed by atoms with van der Waals surface area (Å²) in [5, 5.41) is 3.44. The lowest BCUT2D eigenvalue weighted by Gasteiger charge is -2.43. The van der Waals surface area contributed by atoms with Gasteiger partial charge in [-0.05, 0) is 49.1 Å². The molecule has 3 nitrogen and oxygen atoms in total. The highest BCUT2D eigenvalue weighted by Gasteiger charge is 2.42. The summed E-state index contributed by atoms with van der Waals surface area (Å²) >= 11 is 0. The lowest BCUT2D eigenvalue weighted by atomic mass is 9.85. The van der Waals surface area contributed by atoms with Gasteiger partial charge in [-0.25, -0.2) is 0 Å². The molecular weight excluding hydrogens is 238 g/mol. The molecule has 1 aromatic rings. The van der Waals surface area contributed by atoms with Crippen LogP contribution < -0.4 is 10.1 Å². The molecule has 3 unspecified atom stereocenters. The van der Waals surface area contributed by atoms with E-state index in [1.165, 1.54) is 30.4 Å². The molecule has 1 fully saturated rings. The van der Waals surface area contributed by atoms with E-state index < -0.39 is 0 Å². The quantitative estimate of drug-likeness (QED) is 0.882. The summed E-state index contributed by atoms with van der Waals surface area (Å²) in [5.41, 5.74) is 2.96. The first-order chi connectivity index (χ1) is 9.31. The molecule has 3 atom stereocenters. The Labute approximate surface area is 115 Å². The molecule has 0 aliphatic heterocycles. The Bertz CT molecular complexity index is 446. The van der Waals surface area contributed by atoms with Crippen molar-refractivity contribution in [3.8, 4) is 5.75 Å². The van der Waals surface area contributed by atoms with E-state index in [1.54, 1.807) is 7.11 Å². The van der Waals surface area contributed by atoms with Crippen molar-refractivity contribution in [3.05, 3.63) is 29.3 Å². The first kappa shape index (κ1) is 12.9. The number of nitrogens with one attached hydrogen (secondary N) is 1. The van der Waals surface area contributed by atoms with Gasteiger partial charge in [0.15, 0.2) is 0 Å². The van der Waals surface area contributed by atoms with Gasteiger partial charge in [0.05, 0.1) is 0 Å². The molecule has 1 aromatic carbocycles. The average Bonchev–Trinajstić information content (AvgIpc) is 2.85. The summed E-state index contributed by atoms with van der Waals surface area (Å²) in [6, 6.07) is 6.99.